The number of rotatable bonds is 5. The van der Waals surface area contributed by atoms with E-state index in [1.54, 1.807) is 24.3 Å². The number of nitrogens with one attached hydrogen (secondary N) is 2. The Morgan fingerprint density at radius 1 is 0.947 bits per heavy atom. The predicted molar refractivity (Wildman–Crippen MR) is 150 cm³/mol. The summed E-state index contributed by atoms with van der Waals surface area (Å²) in [6.07, 6.45) is 8.76. The van der Waals surface area contributed by atoms with Gasteiger partial charge in [-0.1, -0.05) is 54.6 Å². The van der Waals surface area contributed by atoms with Crippen LogP contribution in [0, 0.1) is 0 Å². The van der Waals surface area contributed by atoms with Gasteiger partial charge in [0, 0.05) is 52.9 Å². The number of nitrogens with two attached hydrogens (primary N) is 1. The molecule has 3 aromatic carbocycles. The van der Waals surface area contributed by atoms with Gasteiger partial charge in [-0.2, -0.15) is 0 Å². The largest absolute Gasteiger partial charge is 0.374 e. The summed E-state index contributed by atoms with van der Waals surface area (Å²) in [6, 6.07) is 24.2. The van der Waals surface area contributed by atoms with Gasteiger partial charge in [0.2, 0.25) is 0 Å². The average Bonchev–Trinajstić information content (AvgIpc) is 3.36. The Bertz CT molecular complexity index is 1470. The minimum Gasteiger partial charge on any atom is -0.374 e. The third-order valence-corrected chi connectivity index (χ3v) is 7.42. The van der Waals surface area contributed by atoms with E-state index in [1.807, 2.05) is 60.7 Å². The van der Waals surface area contributed by atoms with E-state index in [9.17, 15) is 9.59 Å². The lowest BCUT2D eigenvalue weighted by Crippen LogP contribution is -2.38. The molecule has 38 heavy (non-hydrogen) atoms. The lowest BCUT2D eigenvalue weighted by Gasteiger charge is -2.31. The zero-order valence-electron chi connectivity index (χ0n) is 21.1. The quantitative estimate of drug-likeness (QED) is 0.416. The van der Waals surface area contributed by atoms with Crippen LogP contribution in [0.25, 0.3) is 11.1 Å². The van der Waals surface area contributed by atoms with E-state index in [4.69, 9.17) is 5.73 Å². The zero-order valence-corrected chi connectivity index (χ0v) is 21.1. The number of carbonyl (C=O) groups is 2. The number of benzene rings is 3. The summed E-state index contributed by atoms with van der Waals surface area (Å²) in [5.74, 6) is -0.199. The molecule has 6 nitrogen and oxygen atoms in total. The van der Waals surface area contributed by atoms with E-state index in [-0.39, 0.29) is 17.7 Å². The third kappa shape index (κ3) is 4.66. The molecule has 2 aliphatic heterocycles. The van der Waals surface area contributed by atoms with Crippen LogP contribution >= 0.6 is 0 Å². The number of hydrogen-bond donors (Lipinski definition) is 3. The topological polar surface area (TPSA) is 87.5 Å². The van der Waals surface area contributed by atoms with Gasteiger partial charge in [0.05, 0.1) is 0 Å². The summed E-state index contributed by atoms with van der Waals surface area (Å²) in [7, 11) is 0. The summed E-state index contributed by atoms with van der Waals surface area (Å²) < 4.78 is 0. The van der Waals surface area contributed by atoms with Gasteiger partial charge in [0.25, 0.3) is 5.91 Å². The van der Waals surface area contributed by atoms with Crippen molar-refractivity contribution in [2.75, 3.05) is 11.9 Å². The summed E-state index contributed by atoms with van der Waals surface area (Å²) in [4.78, 5) is 29.0. The van der Waals surface area contributed by atoms with Crippen molar-refractivity contribution in [2.24, 2.45) is 5.73 Å². The second kappa shape index (κ2) is 10.1. The highest BCUT2D eigenvalue weighted by Crippen LogP contribution is 2.33. The minimum atomic E-state index is -0.463. The average molecular weight is 503 g/mol. The van der Waals surface area contributed by atoms with Gasteiger partial charge in [0.15, 0.2) is 5.78 Å². The van der Waals surface area contributed by atoms with E-state index in [0.29, 0.717) is 16.8 Å². The Morgan fingerprint density at radius 3 is 2.53 bits per heavy atom. The van der Waals surface area contributed by atoms with Gasteiger partial charge in [-0.25, -0.2) is 0 Å². The fourth-order valence-corrected chi connectivity index (χ4v) is 5.45. The van der Waals surface area contributed by atoms with Crippen molar-refractivity contribution < 1.29 is 9.59 Å². The standard InChI is InChI=1S/C32H30N4O2/c33-23-14-17-28-30(19-23)36-18-6-9-25(36)20-29(35-28)31(37)22-12-15-24(16-13-22)34-32(38)27-11-5-4-10-26(27)21-7-2-1-3-8-21/h1-13,15-16,20,23,29,35H,14,17-19,33H2,(H,34,38). The summed E-state index contributed by atoms with van der Waals surface area (Å²) in [5, 5.41) is 6.49. The molecule has 0 radical (unpaired) electrons. The van der Waals surface area contributed by atoms with Crippen molar-refractivity contribution in [1.82, 2.24) is 10.2 Å². The van der Waals surface area contributed by atoms with E-state index in [1.165, 1.54) is 5.70 Å². The number of amides is 1. The molecule has 1 amide bonds. The second-order valence-corrected chi connectivity index (χ2v) is 9.96. The van der Waals surface area contributed by atoms with Crippen molar-refractivity contribution in [3.8, 4) is 11.1 Å². The first kappa shape index (κ1) is 23.9. The van der Waals surface area contributed by atoms with E-state index < -0.39 is 6.04 Å². The summed E-state index contributed by atoms with van der Waals surface area (Å²) in [6.45, 7) is 0.807. The maximum Gasteiger partial charge on any atom is 0.256 e. The molecule has 4 N–H and O–H groups in total. The zero-order chi connectivity index (χ0) is 26.1. The van der Waals surface area contributed by atoms with Gasteiger partial charge in [0.1, 0.15) is 6.04 Å². The lowest BCUT2D eigenvalue weighted by atomic mass is 9.95. The molecule has 6 rings (SSSR count). The van der Waals surface area contributed by atoms with E-state index >= 15 is 0 Å². The molecule has 3 aliphatic rings. The van der Waals surface area contributed by atoms with E-state index in [2.05, 4.69) is 27.7 Å². The Labute approximate surface area is 222 Å². The predicted octanol–water partition coefficient (Wildman–Crippen LogP) is 5.24. The number of carbonyl (C=O) groups excluding carboxylic acids is 2. The lowest BCUT2D eigenvalue weighted by molar-refractivity contribution is 0.0966. The van der Waals surface area contributed by atoms with Crippen molar-refractivity contribution in [3.05, 3.63) is 125 Å². The van der Waals surface area contributed by atoms with Crippen molar-refractivity contribution in [1.29, 1.82) is 0 Å². The van der Waals surface area contributed by atoms with Crippen LogP contribution in [0.4, 0.5) is 5.69 Å². The summed E-state index contributed by atoms with van der Waals surface area (Å²) in [5.41, 5.74) is 13.3. The van der Waals surface area contributed by atoms with Gasteiger partial charge in [-0.15, -0.1) is 0 Å². The molecule has 190 valence electrons. The molecule has 0 aromatic heterocycles. The molecule has 2 atom stereocenters. The molecule has 0 saturated carbocycles. The number of hydrogen-bond acceptors (Lipinski definition) is 5. The Morgan fingerprint density at radius 2 is 1.71 bits per heavy atom. The van der Waals surface area contributed by atoms with Crippen LogP contribution in [-0.4, -0.2) is 35.2 Å². The van der Waals surface area contributed by atoms with Crippen LogP contribution in [0.2, 0.25) is 0 Å². The number of Topliss-reactive ketones (excluding diaryl/α,β-unsaturated/α-hetero) is 1. The maximum absolute atomic E-state index is 13.6. The van der Waals surface area contributed by atoms with Gasteiger partial charge < -0.3 is 21.3 Å². The highest BCUT2D eigenvalue weighted by molar-refractivity contribution is 6.09. The highest BCUT2D eigenvalue weighted by atomic mass is 16.1. The molecule has 0 spiro atoms. The van der Waals surface area contributed by atoms with Crippen molar-refractivity contribution >= 4 is 17.4 Å². The minimum absolute atomic E-state index is 0.00586. The molecule has 0 fully saturated rings. The normalized spacial score (nSPS) is 20.1. The Hall–Kier alpha value is -4.42. The molecule has 2 unspecified atom stereocenters. The highest BCUT2D eigenvalue weighted by Gasteiger charge is 2.32. The summed E-state index contributed by atoms with van der Waals surface area (Å²) >= 11 is 0. The van der Waals surface area contributed by atoms with Crippen molar-refractivity contribution in [2.45, 2.75) is 31.3 Å². The molecule has 1 aliphatic carbocycles. The van der Waals surface area contributed by atoms with Gasteiger partial charge in [-0.05, 0) is 66.5 Å². The monoisotopic (exact) mass is 502 g/mol. The van der Waals surface area contributed by atoms with Crippen LogP contribution in [-0.2, 0) is 0 Å². The maximum atomic E-state index is 13.6. The van der Waals surface area contributed by atoms with Crippen LogP contribution in [0.5, 0.6) is 0 Å². The number of ketones is 1. The first-order valence-corrected chi connectivity index (χ1v) is 13.1. The van der Waals surface area contributed by atoms with Crippen LogP contribution in [0.15, 0.2) is 114 Å². The van der Waals surface area contributed by atoms with Gasteiger partial charge >= 0.3 is 0 Å². The smallest absolute Gasteiger partial charge is 0.256 e. The van der Waals surface area contributed by atoms with Crippen LogP contribution in [0.1, 0.15) is 40.0 Å². The SMILES string of the molecule is NC1CCC2=C(C1)N1CC=CC1=CC(C(=O)c1ccc(NC(=O)c3ccccc3-c3ccccc3)cc1)N2. The molecular weight excluding hydrogens is 472 g/mol. The Balaban J connectivity index is 1.20. The molecule has 3 aromatic rings. The number of fused-ring (bicyclic) bond motifs is 2. The number of allylic oxidation sites excluding steroid dienone is 2. The molecule has 6 heteroatoms. The van der Waals surface area contributed by atoms with Gasteiger partial charge in [-0.3, -0.25) is 9.59 Å². The number of anilines is 1. The fourth-order valence-electron chi connectivity index (χ4n) is 5.45. The second-order valence-electron chi connectivity index (χ2n) is 9.96. The Kier molecular flexibility index (Phi) is 6.40. The fraction of sp³-hybridized carbons (Fsp3) is 0.188. The molecule has 0 saturated heterocycles. The van der Waals surface area contributed by atoms with Crippen LogP contribution < -0.4 is 16.4 Å². The first-order valence-electron chi connectivity index (χ1n) is 13.1. The molecule has 0 bridgehead atoms. The van der Waals surface area contributed by atoms with Crippen LogP contribution in [0.3, 0.4) is 0 Å². The third-order valence-electron chi connectivity index (χ3n) is 7.42. The molecule has 2 heterocycles. The van der Waals surface area contributed by atoms with Crippen molar-refractivity contribution in [3.63, 3.8) is 0 Å². The number of nitrogens with zero attached hydrogens (tertiary/aromatic N) is 1. The first-order chi connectivity index (χ1) is 18.6. The van der Waals surface area contributed by atoms with E-state index in [0.717, 1.165) is 48.3 Å². The molecular formula is C32H30N4O2.